The highest BCUT2D eigenvalue weighted by atomic mass is 19.1. The van der Waals surface area contributed by atoms with Gasteiger partial charge >= 0.3 is 0 Å². The first-order chi connectivity index (χ1) is 15.5. The fraction of sp³-hybridized carbons (Fsp3) is 0.391. The van der Waals surface area contributed by atoms with Gasteiger partial charge in [0.2, 0.25) is 5.95 Å². The summed E-state index contributed by atoms with van der Waals surface area (Å²) in [6.07, 6.45) is 6.15. The third kappa shape index (κ3) is 3.84. The zero-order chi connectivity index (χ0) is 22.2. The summed E-state index contributed by atoms with van der Waals surface area (Å²) in [4.78, 5) is 22.1. The van der Waals surface area contributed by atoms with Crippen LogP contribution < -0.4 is 16.0 Å². The molecule has 0 aliphatic carbocycles. The van der Waals surface area contributed by atoms with Crippen molar-refractivity contribution < 1.29 is 4.39 Å². The van der Waals surface area contributed by atoms with E-state index in [4.69, 9.17) is 5.73 Å². The van der Waals surface area contributed by atoms with Gasteiger partial charge in [0.05, 0.1) is 16.9 Å². The number of piperazine rings is 1. The van der Waals surface area contributed by atoms with E-state index in [1.807, 2.05) is 12.1 Å². The first-order valence-corrected chi connectivity index (χ1v) is 11.0. The normalized spacial score (nSPS) is 20.2. The topological polar surface area (TPSA) is 96.1 Å². The van der Waals surface area contributed by atoms with E-state index in [2.05, 4.69) is 49.0 Å². The Kier molecular flexibility index (Phi) is 5.34. The van der Waals surface area contributed by atoms with Gasteiger partial charge in [0.25, 0.3) is 0 Å². The van der Waals surface area contributed by atoms with Gasteiger partial charge in [-0.25, -0.2) is 24.3 Å². The lowest BCUT2D eigenvalue weighted by Gasteiger charge is -2.33. The van der Waals surface area contributed by atoms with Crippen molar-refractivity contribution in [3.8, 4) is 11.3 Å². The molecule has 2 bridgehead atoms. The molecule has 166 valence electrons. The first-order valence-electron chi connectivity index (χ1n) is 11.0. The van der Waals surface area contributed by atoms with Gasteiger partial charge in [0.1, 0.15) is 17.5 Å². The third-order valence-corrected chi connectivity index (χ3v) is 6.30. The predicted octanol–water partition coefficient (Wildman–Crippen LogP) is 3.24. The summed E-state index contributed by atoms with van der Waals surface area (Å²) in [6.45, 7) is 3.92. The minimum Gasteiger partial charge on any atom is -0.383 e. The summed E-state index contributed by atoms with van der Waals surface area (Å²) in [7, 11) is 2.14. The largest absolute Gasteiger partial charge is 0.383 e. The van der Waals surface area contributed by atoms with E-state index in [-0.39, 0.29) is 5.82 Å². The second-order valence-corrected chi connectivity index (χ2v) is 8.53. The molecular weight excluding hydrogens is 407 g/mol. The van der Waals surface area contributed by atoms with Gasteiger partial charge in [-0.2, -0.15) is 0 Å². The van der Waals surface area contributed by atoms with E-state index in [0.29, 0.717) is 46.5 Å². The van der Waals surface area contributed by atoms with Crippen molar-refractivity contribution in [3.05, 3.63) is 48.3 Å². The van der Waals surface area contributed by atoms with E-state index in [0.717, 1.165) is 38.2 Å². The van der Waals surface area contributed by atoms with Crippen molar-refractivity contribution in [3.63, 3.8) is 0 Å². The molecule has 0 unspecified atom stereocenters. The molecule has 2 aromatic heterocycles. The van der Waals surface area contributed by atoms with Gasteiger partial charge in [-0.3, -0.25) is 4.90 Å². The average molecular weight is 435 g/mol. The molecule has 0 spiro atoms. The lowest BCUT2D eigenvalue weighted by molar-refractivity contribution is 0.292. The Morgan fingerprint density at radius 2 is 2.03 bits per heavy atom. The lowest BCUT2D eigenvalue weighted by Crippen LogP contribution is -2.44. The molecule has 0 radical (unpaired) electrons. The van der Waals surface area contributed by atoms with Gasteiger partial charge in [0, 0.05) is 49.7 Å². The minimum absolute atomic E-state index is 0.245. The standard InChI is InChI=1S/C23H27FN8/c1-3-4-21-27-11-17(22(25)30-21)19-7-8-26-23(29-19)28-14-5-6-20(18(24)9-14)32-13-15-10-16(32)12-31(15)2/h5-9,11,15-16H,3-4,10,12-13H2,1-2H3,(H2,25,27,30)(H,26,28,29)/t15-,16-/m0/s1. The zero-order valence-corrected chi connectivity index (χ0v) is 18.3. The lowest BCUT2D eigenvalue weighted by atomic mass is 10.2. The number of nitrogens with two attached hydrogens (primary N) is 1. The summed E-state index contributed by atoms with van der Waals surface area (Å²) >= 11 is 0. The smallest absolute Gasteiger partial charge is 0.227 e. The Bertz CT molecular complexity index is 1130. The number of aromatic nitrogens is 4. The molecule has 3 aromatic rings. The van der Waals surface area contributed by atoms with E-state index < -0.39 is 0 Å². The Balaban J connectivity index is 1.33. The quantitative estimate of drug-likeness (QED) is 0.610. The number of likely N-dealkylation sites (tertiary alicyclic amines) is 1. The molecule has 5 rings (SSSR count). The van der Waals surface area contributed by atoms with E-state index in [9.17, 15) is 4.39 Å². The predicted molar refractivity (Wildman–Crippen MR) is 123 cm³/mol. The van der Waals surface area contributed by atoms with Crippen LogP contribution in [0.1, 0.15) is 25.6 Å². The number of nitrogen functional groups attached to an aromatic ring is 1. The SMILES string of the molecule is CCCc1ncc(-c2ccnc(Nc3ccc(N4C[C@@H]5C[C@H]4CN5C)c(F)c3)n2)c(N)n1. The maximum atomic E-state index is 15.0. The molecule has 8 nitrogen and oxygen atoms in total. The van der Waals surface area contributed by atoms with Gasteiger partial charge in [-0.15, -0.1) is 0 Å². The number of halogens is 1. The molecule has 3 N–H and O–H groups in total. The van der Waals surface area contributed by atoms with Crippen molar-refractivity contribution in [1.29, 1.82) is 0 Å². The maximum Gasteiger partial charge on any atom is 0.227 e. The molecule has 2 fully saturated rings. The van der Waals surface area contributed by atoms with Crippen LogP contribution in [0, 0.1) is 5.82 Å². The zero-order valence-electron chi connectivity index (χ0n) is 18.3. The Labute approximate surface area is 186 Å². The van der Waals surface area contributed by atoms with Crippen LogP contribution in [0.5, 0.6) is 0 Å². The van der Waals surface area contributed by atoms with Crippen molar-refractivity contribution in [2.24, 2.45) is 0 Å². The van der Waals surface area contributed by atoms with Gasteiger partial charge in [0.15, 0.2) is 0 Å². The van der Waals surface area contributed by atoms with E-state index in [1.165, 1.54) is 6.07 Å². The number of fused-ring (bicyclic) bond motifs is 2. The van der Waals surface area contributed by atoms with Gasteiger partial charge < -0.3 is 16.0 Å². The van der Waals surface area contributed by atoms with Crippen LogP contribution in [0.3, 0.4) is 0 Å². The second-order valence-electron chi connectivity index (χ2n) is 8.53. The van der Waals surface area contributed by atoms with Crippen molar-refractivity contribution in [1.82, 2.24) is 24.8 Å². The number of hydrogen-bond acceptors (Lipinski definition) is 8. The molecule has 4 heterocycles. The summed E-state index contributed by atoms with van der Waals surface area (Å²) < 4.78 is 15.0. The molecule has 0 amide bonds. The number of anilines is 4. The number of aryl methyl sites for hydroxylation is 1. The number of benzene rings is 1. The first kappa shape index (κ1) is 20.6. The van der Waals surface area contributed by atoms with Crippen molar-refractivity contribution in [2.75, 3.05) is 36.1 Å². The van der Waals surface area contributed by atoms with Crippen LogP contribution in [0.4, 0.5) is 27.5 Å². The Morgan fingerprint density at radius 1 is 1.16 bits per heavy atom. The molecule has 2 atom stereocenters. The van der Waals surface area contributed by atoms with Crippen LogP contribution >= 0.6 is 0 Å². The molecule has 9 heteroatoms. The number of nitrogens with one attached hydrogen (secondary N) is 1. The van der Waals surface area contributed by atoms with E-state index >= 15 is 0 Å². The van der Waals surface area contributed by atoms with Crippen molar-refractivity contribution in [2.45, 2.75) is 38.3 Å². The number of nitrogens with zero attached hydrogens (tertiary/aromatic N) is 6. The summed E-state index contributed by atoms with van der Waals surface area (Å²) in [5.74, 6) is 1.21. The summed E-state index contributed by atoms with van der Waals surface area (Å²) in [5, 5.41) is 3.09. The third-order valence-electron chi connectivity index (χ3n) is 6.30. The monoisotopic (exact) mass is 434 g/mol. The van der Waals surface area contributed by atoms with Gasteiger partial charge in [-0.05, 0) is 44.2 Å². The second kappa shape index (κ2) is 8.31. The minimum atomic E-state index is -0.245. The fourth-order valence-electron chi connectivity index (χ4n) is 4.65. The summed E-state index contributed by atoms with van der Waals surface area (Å²) in [5.41, 5.74) is 8.63. The average Bonchev–Trinajstić information content (AvgIpc) is 3.34. The van der Waals surface area contributed by atoms with Gasteiger partial charge in [-0.1, -0.05) is 6.92 Å². The molecule has 2 aliphatic heterocycles. The molecule has 1 aromatic carbocycles. The molecular formula is C23H27FN8. The Morgan fingerprint density at radius 3 is 2.72 bits per heavy atom. The Hall–Kier alpha value is -3.33. The van der Waals surface area contributed by atoms with Crippen molar-refractivity contribution >= 4 is 23.1 Å². The van der Waals surface area contributed by atoms with E-state index in [1.54, 1.807) is 18.5 Å². The summed E-state index contributed by atoms with van der Waals surface area (Å²) in [6, 6.07) is 7.85. The van der Waals surface area contributed by atoms with Crippen LogP contribution in [-0.2, 0) is 6.42 Å². The van der Waals surface area contributed by atoms with Crippen LogP contribution in [0.15, 0.2) is 36.7 Å². The molecule has 32 heavy (non-hydrogen) atoms. The highest BCUT2D eigenvalue weighted by Gasteiger charge is 2.42. The fourth-order valence-corrected chi connectivity index (χ4v) is 4.65. The molecule has 2 aliphatic rings. The van der Waals surface area contributed by atoms with Crippen LogP contribution in [0.2, 0.25) is 0 Å². The highest BCUT2D eigenvalue weighted by molar-refractivity contribution is 5.71. The number of hydrogen-bond donors (Lipinski definition) is 2. The molecule has 2 saturated heterocycles. The number of rotatable bonds is 6. The highest BCUT2D eigenvalue weighted by Crippen LogP contribution is 2.36. The number of likely N-dealkylation sites (N-methyl/N-ethyl adjacent to an activating group) is 1. The van der Waals surface area contributed by atoms with Crippen LogP contribution in [0.25, 0.3) is 11.3 Å². The maximum absolute atomic E-state index is 15.0. The molecule has 0 saturated carbocycles. The van der Waals surface area contributed by atoms with Crippen LogP contribution in [-0.4, -0.2) is 57.1 Å².